The molecule has 1 N–H and O–H groups in total. The summed E-state index contributed by atoms with van der Waals surface area (Å²) >= 11 is 0. The van der Waals surface area contributed by atoms with Crippen molar-refractivity contribution in [3.05, 3.63) is 41.0 Å². The van der Waals surface area contributed by atoms with E-state index in [0.29, 0.717) is 18.7 Å². The van der Waals surface area contributed by atoms with Crippen LogP contribution in [0.5, 0.6) is 0 Å². The number of nitrogens with one attached hydrogen (secondary N) is 1. The molecule has 0 radical (unpaired) electrons. The van der Waals surface area contributed by atoms with Gasteiger partial charge in [0.2, 0.25) is 0 Å². The standard InChI is InChI=1S/C14H19F2NO/c1-3-11(10-17-7-8-18-2)9-12-5-4-6-13(15)14(12)16/h4-6,9,17H,3,7-8,10H2,1-2H3. The van der Waals surface area contributed by atoms with Crippen molar-refractivity contribution in [2.45, 2.75) is 13.3 Å². The van der Waals surface area contributed by atoms with Gasteiger partial charge in [-0.1, -0.05) is 30.7 Å². The van der Waals surface area contributed by atoms with Gasteiger partial charge < -0.3 is 10.1 Å². The number of ether oxygens (including phenoxy) is 1. The molecule has 0 aliphatic heterocycles. The van der Waals surface area contributed by atoms with E-state index in [1.807, 2.05) is 6.92 Å². The van der Waals surface area contributed by atoms with E-state index in [1.165, 1.54) is 6.07 Å². The van der Waals surface area contributed by atoms with Crippen LogP contribution in [0, 0.1) is 11.6 Å². The lowest BCUT2D eigenvalue weighted by molar-refractivity contribution is 0.200. The van der Waals surface area contributed by atoms with Crippen molar-refractivity contribution in [1.82, 2.24) is 5.32 Å². The molecule has 0 saturated heterocycles. The highest BCUT2D eigenvalue weighted by Crippen LogP contribution is 2.15. The summed E-state index contributed by atoms with van der Waals surface area (Å²) in [6.07, 6.45) is 2.48. The largest absolute Gasteiger partial charge is 0.383 e. The van der Waals surface area contributed by atoms with Crippen LogP contribution in [-0.4, -0.2) is 26.8 Å². The molecule has 0 aliphatic carbocycles. The van der Waals surface area contributed by atoms with Crippen molar-refractivity contribution < 1.29 is 13.5 Å². The fourth-order valence-electron chi connectivity index (χ4n) is 1.55. The van der Waals surface area contributed by atoms with E-state index in [2.05, 4.69) is 5.32 Å². The first-order chi connectivity index (χ1) is 8.69. The van der Waals surface area contributed by atoms with E-state index in [9.17, 15) is 8.78 Å². The molecule has 1 aromatic carbocycles. The van der Waals surface area contributed by atoms with Gasteiger partial charge in [0, 0.05) is 25.8 Å². The third-order valence-corrected chi connectivity index (χ3v) is 2.63. The fourth-order valence-corrected chi connectivity index (χ4v) is 1.55. The number of halogens is 2. The molecule has 1 rings (SSSR count). The Morgan fingerprint density at radius 3 is 2.83 bits per heavy atom. The minimum atomic E-state index is -0.813. The minimum absolute atomic E-state index is 0.292. The van der Waals surface area contributed by atoms with Crippen molar-refractivity contribution in [1.29, 1.82) is 0 Å². The molecule has 0 aliphatic rings. The third kappa shape index (κ3) is 4.55. The van der Waals surface area contributed by atoms with Crippen LogP contribution in [0.2, 0.25) is 0 Å². The third-order valence-electron chi connectivity index (χ3n) is 2.63. The second kappa shape index (κ2) is 7.95. The lowest BCUT2D eigenvalue weighted by Gasteiger charge is -2.07. The SMILES string of the molecule is CCC(=Cc1cccc(F)c1F)CNCCOC. The predicted octanol–water partition coefficient (Wildman–Crippen LogP) is 2.99. The average molecular weight is 255 g/mol. The van der Waals surface area contributed by atoms with Crippen LogP contribution in [0.1, 0.15) is 18.9 Å². The van der Waals surface area contributed by atoms with Crippen molar-refractivity contribution in [3.8, 4) is 0 Å². The molecular formula is C14H19F2NO. The monoisotopic (exact) mass is 255 g/mol. The minimum Gasteiger partial charge on any atom is -0.383 e. The zero-order chi connectivity index (χ0) is 13.4. The average Bonchev–Trinajstić information content (AvgIpc) is 2.38. The summed E-state index contributed by atoms with van der Waals surface area (Å²) in [5.41, 5.74) is 1.32. The number of hydrogen-bond donors (Lipinski definition) is 1. The maximum Gasteiger partial charge on any atom is 0.166 e. The Kier molecular flexibility index (Phi) is 6.54. The van der Waals surface area contributed by atoms with Gasteiger partial charge in [-0.05, 0) is 12.5 Å². The summed E-state index contributed by atoms with van der Waals surface area (Å²) in [5.74, 6) is -1.60. The lowest BCUT2D eigenvalue weighted by atomic mass is 10.1. The normalized spacial score (nSPS) is 11.9. The predicted molar refractivity (Wildman–Crippen MR) is 69.4 cm³/mol. The fraction of sp³-hybridized carbons (Fsp3) is 0.429. The van der Waals surface area contributed by atoms with Crippen LogP contribution in [0.15, 0.2) is 23.8 Å². The Labute approximate surface area is 107 Å². The number of methoxy groups -OCH3 is 1. The van der Waals surface area contributed by atoms with Crippen LogP contribution in [-0.2, 0) is 4.74 Å². The number of hydrogen-bond acceptors (Lipinski definition) is 2. The van der Waals surface area contributed by atoms with Gasteiger partial charge in [0.05, 0.1) is 6.61 Å². The van der Waals surface area contributed by atoms with Crippen LogP contribution in [0.4, 0.5) is 8.78 Å². The second-order valence-corrected chi connectivity index (χ2v) is 3.97. The van der Waals surface area contributed by atoms with Gasteiger partial charge in [0.1, 0.15) is 0 Å². The van der Waals surface area contributed by atoms with Crippen LogP contribution in [0.25, 0.3) is 6.08 Å². The van der Waals surface area contributed by atoms with Crippen LogP contribution < -0.4 is 5.32 Å². The Balaban J connectivity index is 2.68. The Morgan fingerprint density at radius 2 is 2.17 bits per heavy atom. The highest BCUT2D eigenvalue weighted by molar-refractivity contribution is 5.53. The van der Waals surface area contributed by atoms with E-state index in [1.54, 1.807) is 19.3 Å². The van der Waals surface area contributed by atoms with E-state index in [-0.39, 0.29) is 0 Å². The Hall–Kier alpha value is -1.26. The van der Waals surface area contributed by atoms with Gasteiger partial charge in [0.15, 0.2) is 11.6 Å². The molecule has 1 aromatic rings. The molecule has 0 saturated carbocycles. The first kappa shape index (κ1) is 14.8. The molecule has 2 nitrogen and oxygen atoms in total. The van der Waals surface area contributed by atoms with Gasteiger partial charge in [0.25, 0.3) is 0 Å². The lowest BCUT2D eigenvalue weighted by Crippen LogP contribution is -2.21. The van der Waals surface area contributed by atoms with E-state index >= 15 is 0 Å². The molecule has 100 valence electrons. The zero-order valence-electron chi connectivity index (χ0n) is 10.8. The molecule has 0 aromatic heterocycles. The summed E-state index contributed by atoms with van der Waals surface area (Å²) in [5, 5.41) is 3.18. The van der Waals surface area contributed by atoms with Gasteiger partial charge in [-0.25, -0.2) is 8.78 Å². The van der Waals surface area contributed by atoms with Crippen LogP contribution in [0.3, 0.4) is 0 Å². The van der Waals surface area contributed by atoms with E-state index in [4.69, 9.17) is 4.74 Å². The van der Waals surface area contributed by atoms with E-state index < -0.39 is 11.6 Å². The molecular weight excluding hydrogens is 236 g/mol. The van der Waals surface area contributed by atoms with Gasteiger partial charge in [-0.15, -0.1) is 0 Å². The summed E-state index contributed by atoms with van der Waals surface area (Å²) in [7, 11) is 1.64. The molecule has 0 fully saturated rings. The van der Waals surface area contributed by atoms with E-state index in [0.717, 1.165) is 24.6 Å². The van der Waals surface area contributed by atoms with Crippen LogP contribution >= 0.6 is 0 Å². The molecule has 0 atom stereocenters. The maximum atomic E-state index is 13.5. The van der Waals surface area contributed by atoms with Gasteiger partial charge >= 0.3 is 0 Å². The summed E-state index contributed by atoms with van der Waals surface area (Å²) < 4.78 is 31.4. The molecule has 0 spiro atoms. The van der Waals surface area contributed by atoms with Crippen molar-refractivity contribution in [2.24, 2.45) is 0 Å². The van der Waals surface area contributed by atoms with Gasteiger partial charge in [-0.2, -0.15) is 0 Å². The molecule has 4 heteroatoms. The van der Waals surface area contributed by atoms with Gasteiger partial charge in [-0.3, -0.25) is 0 Å². The quantitative estimate of drug-likeness (QED) is 0.756. The summed E-state index contributed by atoms with van der Waals surface area (Å²) in [6.45, 7) is 4.00. The Morgan fingerprint density at radius 1 is 1.39 bits per heavy atom. The first-order valence-electron chi connectivity index (χ1n) is 6.02. The summed E-state index contributed by atoms with van der Waals surface area (Å²) in [6, 6.07) is 4.20. The highest BCUT2D eigenvalue weighted by atomic mass is 19.2. The summed E-state index contributed by atoms with van der Waals surface area (Å²) in [4.78, 5) is 0. The number of benzene rings is 1. The molecule has 18 heavy (non-hydrogen) atoms. The molecule has 0 bridgehead atoms. The zero-order valence-corrected chi connectivity index (χ0v) is 10.8. The maximum absolute atomic E-state index is 13.5. The second-order valence-electron chi connectivity index (χ2n) is 3.97. The topological polar surface area (TPSA) is 21.3 Å². The molecule has 0 amide bonds. The smallest absolute Gasteiger partial charge is 0.166 e. The molecule has 0 unspecified atom stereocenters. The van der Waals surface area contributed by atoms with Crippen molar-refractivity contribution in [2.75, 3.05) is 26.8 Å². The first-order valence-corrected chi connectivity index (χ1v) is 6.02. The molecule has 0 heterocycles. The number of rotatable bonds is 7. The Bertz CT molecular complexity index is 405. The van der Waals surface area contributed by atoms with Crippen molar-refractivity contribution >= 4 is 6.08 Å². The highest BCUT2D eigenvalue weighted by Gasteiger charge is 2.06. The van der Waals surface area contributed by atoms with Crippen molar-refractivity contribution in [3.63, 3.8) is 0 Å².